The lowest BCUT2D eigenvalue weighted by Crippen LogP contribution is -2.30. The maximum absolute atomic E-state index is 13.4. The molecule has 2 aliphatic rings. The molecule has 0 aliphatic carbocycles. The van der Waals surface area contributed by atoms with Gasteiger partial charge in [-0.3, -0.25) is 9.20 Å². The predicted octanol–water partition coefficient (Wildman–Crippen LogP) is 4.75. The number of aromatic nitrogens is 2. The minimum Gasteiger partial charge on any atom is -0.490 e. The highest BCUT2D eigenvalue weighted by atomic mass is 32.1. The van der Waals surface area contributed by atoms with Gasteiger partial charge in [0.05, 0.1) is 29.6 Å². The Kier molecular flexibility index (Phi) is 4.02. The smallest absolute Gasteiger partial charge is 0.264 e. The van der Waals surface area contributed by atoms with Gasteiger partial charge in [0.1, 0.15) is 4.83 Å². The summed E-state index contributed by atoms with van der Waals surface area (Å²) in [7, 11) is 0. The summed E-state index contributed by atoms with van der Waals surface area (Å²) < 4.78 is 13.7. The Hall–Kier alpha value is -2.58. The molecule has 5 heterocycles. The molecule has 8 heteroatoms. The van der Waals surface area contributed by atoms with E-state index in [-0.39, 0.29) is 11.9 Å². The van der Waals surface area contributed by atoms with E-state index in [1.54, 1.807) is 11.3 Å². The molecule has 0 unspecified atom stereocenters. The number of thiophene rings is 1. The number of carbonyl (C=O) groups is 1. The molecule has 6 rings (SSSR count). The molecule has 0 radical (unpaired) electrons. The fourth-order valence-corrected chi connectivity index (χ4v) is 5.99. The topological polar surface area (TPSA) is 56.1 Å². The third-order valence-electron chi connectivity index (χ3n) is 5.62. The summed E-state index contributed by atoms with van der Waals surface area (Å²) in [4.78, 5) is 22.6. The van der Waals surface area contributed by atoms with Gasteiger partial charge in [0, 0.05) is 24.5 Å². The third kappa shape index (κ3) is 2.81. The zero-order chi connectivity index (χ0) is 19.4. The number of amides is 1. The van der Waals surface area contributed by atoms with Gasteiger partial charge in [-0.05, 0) is 36.6 Å². The Morgan fingerprint density at radius 3 is 2.97 bits per heavy atom. The largest absolute Gasteiger partial charge is 0.490 e. The van der Waals surface area contributed by atoms with Gasteiger partial charge in [-0.1, -0.05) is 6.07 Å². The van der Waals surface area contributed by atoms with Crippen molar-refractivity contribution >= 4 is 43.9 Å². The average molecular weight is 426 g/mol. The second-order valence-electron chi connectivity index (χ2n) is 7.38. The van der Waals surface area contributed by atoms with Crippen LogP contribution in [0.1, 0.15) is 40.5 Å². The highest BCUT2D eigenvalue weighted by molar-refractivity contribution is 7.21. The van der Waals surface area contributed by atoms with Gasteiger partial charge in [-0.25, -0.2) is 4.98 Å². The van der Waals surface area contributed by atoms with Crippen molar-refractivity contribution in [2.75, 3.05) is 19.8 Å². The Morgan fingerprint density at radius 1 is 1.14 bits per heavy atom. The number of hydrogen-bond donors (Lipinski definition) is 0. The predicted molar refractivity (Wildman–Crippen MR) is 114 cm³/mol. The van der Waals surface area contributed by atoms with E-state index in [1.165, 1.54) is 11.3 Å². The molecule has 1 aromatic carbocycles. The van der Waals surface area contributed by atoms with Crippen LogP contribution in [0.4, 0.5) is 0 Å². The Morgan fingerprint density at radius 2 is 2.03 bits per heavy atom. The number of rotatable bonds is 2. The van der Waals surface area contributed by atoms with E-state index in [4.69, 9.17) is 9.47 Å². The van der Waals surface area contributed by atoms with Gasteiger partial charge in [-0.2, -0.15) is 0 Å². The van der Waals surface area contributed by atoms with Gasteiger partial charge in [0.15, 0.2) is 16.5 Å². The SMILES string of the molecule is O=C(c1cc2c(nc3sccn32)s1)N1CCC[C@@H]1c1ccc2c(c1)OCCCO2. The number of likely N-dealkylation sites (tertiary alicyclic amines) is 1. The van der Waals surface area contributed by atoms with Crippen molar-refractivity contribution in [3.63, 3.8) is 0 Å². The van der Waals surface area contributed by atoms with Crippen molar-refractivity contribution in [3.8, 4) is 11.5 Å². The first kappa shape index (κ1) is 17.3. The van der Waals surface area contributed by atoms with Crippen LogP contribution in [0.2, 0.25) is 0 Å². The zero-order valence-corrected chi connectivity index (χ0v) is 17.3. The molecular formula is C21H19N3O3S2. The molecule has 1 amide bonds. The molecule has 1 saturated heterocycles. The van der Waals surface area contributed by atoms with E-state index in [1.807, 2.05) is 34.7 Å². The number of nitrogens with zero attached hydrogens (tertiary/aromatic N) is 3. The number of carbonyl (C=O) groups excluding carboxylic acids is 1. The fraction of sp³-hybridized carbons (Fsp3) is 0.333. The zero-order valence-electron chi connectivity index (χ0n) is 15.7. The summed E-state index contributed by atoms with van der Waals surface area (Å²) >= 11 is 3.09. The van der Waals surface area contributed by atoms with Crippen LogP contribution >= 0.6 is 22.7 Å². The van der Waals surface area contributed by atoms with Crippen LogP contribution in [0, 0.1) is 0 Å². The molecule has 29 heavy (non-hydrogen) atoms. The van der Waals surface area contributed by atoms with E-state index >= 15 is 0 Å². The lowest BCUT2D eigenvalue weighted by Gasteiger charge is -2.25. The van der Waals surface area contributed by atoms with Gasteiger partial charge in [0.2, 0.25) is 0 Å². The standard InChI is InChI=1S/C21H19N3O3S2/c25-20(18-12-15-19(29-18)22-21-24(15)7-10-28-21)23-6-1-3-14(23)13-4-5-16-17(11-13)27-9-2-8-26-16/h4-5,7,10-12,14H,1-3,6,8-9H2/t14-/m1/s1. The van der Waals surface area contributed by atoms with Crippen molar-refractivity contribution in [2.45, 2.75) is 25.3 Å². The molecule has 1 fully saturated rings. The number of ether oxygens (including phenoxy) is 2. The molecule has 6 nitrogen and oxygen atoms in total. The Labute approximate surface area is 175 Å². The highest BCUT2D eigenvalue weighted by Gasteiger charge is 2.32. The Bertz CT molecular complexity index is 1220. The van der Waals surface area contributed by atoms with E-state index < -0.39 is 0 Å². The minimum atomic E-state index is 0.0675. The Balaban J connectivity index is 1.32. The summed E-state index contributed by atoms with van der Waals surface area (Å²) in [5.74, 6) is 1.67. The van der Waals surface area contributed by atoms with Crippen LogP contribution in [0.25, 0.3) is 15.3 Å². The molecule has 2 aliphatic heterocycles. The molecule has 148 valence electrons. The molecule has 0 N–H and O–H groups in total. The number of benzene rings is 1. The van der Waals surface area contributed by atoms with Crippen molar-refractivity contribution in [2.24, 2.45) is 0 Å². The maximum Gasteiger partial charge on any atom is 0.264 e. The number of hydrogen-bond acceptors (Lipinski definition) is 6. The second-order valence-corrected chi connectivity index (χ2v) is 9.29. The fourth-order valence-electron chi connectivity index (χ4n) is 4.24. The average Bonchev–Trinajstić information content (AvgIpc) is 3.47. The van der Waals surface area contributed by atoms with Crippen LogP contribution in [-0.4, -0.2) is 40.0 Å². The first-order valence-corrected chi connectivity index (χ1v) is 11.5. The summed E-state index contributed by atoms with van der Waals surface area (Å²) in [6.45, 7) is 2.11. The molecule has 0 saturated carbocycles. The third-order valence-corrected chi connectivity index (χ3v) is 7.38. The van der Waals surface area contributed by atoms with Gasteiger partial charge >= 0.3 is 0 Å². The quantitative estimate of drug-likeness (QED) is 0.465. The molecule has 0 bridgehead atoms. The maximum atomic E-state index is 13.4. The van der Waals surface area contributed by atoms with Crippen molar-refractivity contribution in [1.82, 2.24) is 14.3 Å². The van der Waals surface area contributed by atoms with Crippen LogP contribution in [0.5, 0.6) is 11.5 Å². The monoisotopic (exact) mass is 425 g/mol. The summed E-state index contributed by atoms with van der Waals surface area (Å²) in [5.41, 5.74) is 2.13. The first-order chi connectivity index (χ1) is 14.3. The van der Waals surface area contributed by atoms with Crippen molar-refractivity contribution < 1.29 is 14.3 Å². The van der Waals surface area contributed by atoms with E-state index in [0.29, 0.717) is 13.2 Å². The second kappa shape index (κ2) is 6.74. The lowest BCUT2D eigenvalue weighted by molar-refractivity contribution is 0.0740. The normalized spacial score (nSPS) is 19.2. The van der Waals surface area contributed by atoms with Gasteiger partial charge in [-0.15, -0.1) is 22.7 Å². The van der Waals surface area contributed by atoms with Crippen molar-refractivity contribution in [1.29, 1.82) is 0 Å². The summed E-state index contributed by atoms with van der Waals surface area (Å²) in [6.07, 6.45) is 4.86. The van der Waals surface area contributed by atoms with E-state index in [2.05, 4.69) is 15.5 Å². The minimum absolute atomic E-state index is 0.0675. The molecule has 1 atom stereocenters. The van der Waals surface area contributed by atoms with Crippen LogP contribution in [0.3, 0.4) is 0 Å². The highest BCUT2D eigenvalue weighted by Crippen LogP contribution is 2.39. The van der Waals surface area contributed by atoms with E-state index in [0.717, 1.165) is 63.1 Å². The molecule has 4 aromatic rings. The molecular weight excluding hydrogens is 406 g/mol. The van der Waals surface area contributed by atoms with Crippen molar-refractivity contribution in [3.05, 3.63) is 46.3 Å². The van der Waals surface area contributed by atoms with Crippen LogP contribution < -0.4 is 9.47 Å². The molecule has 3 aromatic heterocycles. The number of imidazole rings is 1. The number of thiazole rings is 1. The van der Waals surface area contributed by atoms with Gasteiger partial charge in [0.25, 0.3) is 5.91 Å². The molecule has 0 spiro atoms. The van der Waals surface area contributed by atoms with E-state index in [9.17, 15) is 4.79 Å². The number of fused-ring (bicyclic) bond motifs is 4. The van der Waals surface area contributed by atoms with Crippen LogP contribution in [0.15, 0.2) is 35.8 Å². The summed E-state index contributed by atoms with van der Waals surface area (Å²) in [5, 5.41) is 2.02. The van der Waals surface area contributed by atoms with Crippen LogP contribution in [-0.2, 0) is 0 Å². The summed E-state index contributed by atoms with van der Waals surface area (Å²) in [6, 6.07) is 8.15. The lowest BCUT2D eigenvalue weighted by atomic mass is 10.0. The van der Waals surface area contributed by atoms with Gasteiger partial charge < -0.3 is 14.4 Å². The first-order valence-electron chi connectivity index (χ1n) is 9.83.